The van der Waals surface area contributed by atoms with Crippen LogP contribution in [-0.4, -0.2) is 23.4 Å². The van der Waals surface area contributed by atoms with Crippen LogP contribution in [0.5, 0.6) is 0 Å². The van der Waals surface area contributed by atoms with E-state index >= 15 is 0 Å². The fraction of sp³-hybridized carbons (Fsp3) is 0.533. The second kappa shape index (κ2) is 5.16. The monoisotopic (exact) mass is 322 g/mol. The van der Waals surface area contributed by atoms with Crippen molar-refractivity contribution in [2.24, 2.45) is 5.92 Å². The van der Waals surface area contributed by atoms with E-state index in [4.69, 9.17) is 5.73 Å². The van der Waals surface area contributed by atoms with Gasteiger partial charge in [0.25, 0.3) is 5.91 Å². The van der Waals surface area contributed by atoms with Gasteiger partial charge in [0.15, 0.2) is 0 Å². The molecule has 1 aromatic rings. The zero-order valence-corrected chi connectivity index (χ0v) is 12.5. The first-order chi connectivity index (χ1) is 9.16. The number of anilines is 1. The van der Waals surface area contributed by atoms with Crippen LogP contribution in [-0.2, 0) is 0 Å². The molecular weight excluding hydrogens is 304 g/mol. The number of halogens is 1. The van der Waals surface area contributed by atoms with Gasteiger partial charge in [-0.2, -0.15) is 0 Å². The molecule has 0 aromatic heterocycles. The molecule has 1 aliphatic heterocycles. The van der Waals surface area contributed by atoms with Crippen molar-refractivity contribution in [3.63, 3.8) is 0 Å². The highest BCUT2D eigenvalue weighted by Crippen LogP contribution is 2.37. The van der Waals surface area contributed by atoms with E-state index in [1.54, 1.807) is 0 Å². The van der Waals surface area contributed by atoms with Crippen molar-refractivity contribution in [1.82, 2.24) is 4.90 Å². The topological polar surface area (TPSA) is 46.3 Å². The predicted octanol–water partition coefficient (Wildman–Crippen LogP) is 3.44. The molecule has 102 valence electrons. The van der Waals surface area contributed by atoms with Crippen LogP contribution >= 0.6 is 15.9 Å². The summed E-state index contributed by atoms with van der Waals surface area (Å²) in [7, 11) is 0. The first-order valence-electron chi connectivity index (χ1n) is 7.03. The van der Waals surface area contributed by atoms with Gasteiger partial charge in [0.2, 0.25) is 0 Å². The molecule has 1 aliphatic carbocycles. The summed E-state index contributed by atoms with van der Waals surface area (Å²) in [6, 6.07) is 5.97. The number of nitrogens with zero attached hydrogens (tertiary/aromatic N) is 1. The number of hydrogen-bond acceptors (Lipinski definition) is 2. The van der Waals surface area contributed by atoms with Crippen LogP contribution in [0.2, 0.25) is 0 Å². The lowest BCUT2D eigenvalue weighted by molar-refractivity contribution is 0.0691. The lowest BCUT2D eigenvalue weighted by Crippen LogP contribution is -2.39. The van der Waals surface area contributed by atoms with Gasteiger partial charge >= 0.3 is 0 Å². The lowest BCUT2D eigenvalue weighted by Gasteiger charge is -2.32. The van der Waals surface area contributed by atoms with Gasteiger partial charge in [-0.25, -0.2) is 0 Å². The van der Waals surface area contributed by atoms with E-state index in [1.807, 2.05) is 18.2 Å². The van der Waals surface area contributed by atoms with Crippen LogP contribution in [0.3, 0.4) is 0 Å². The second-order valence-corrected chi connectivity index (χ2v) is 6.55. The van der Waals surface area contributed by atoms with Gasteiger partial charge in [-0.3, -0.25) is 4.79 Å². The maximum absolute atomic E-state index is 12.7. The second-order valence-electron chi connectivity index (χ2n) is 5.63. The van der Waals surface area contributed by atoms with E-state index in [0.29, 0.717) is 17.3 Å². The molecule has 2 fully saturated rings. The third-order valence-electron chi connectivity index (χ3n) is 4.51. The van der Waals surface area contributed by atoms with Gasteiger partial charge in [-0.1, -0.05) is 28.8 Å². The van der Waals surface area contributed by atoms with Gasteiger partial charge < -0.3 is 10.6 Å². The van der Waals surface area contributed by atoms with Crippen LogP contribution in [0.1, 0.15) is 42.5 Å². The Kier molecular flexibility index (Phi) is 3.52. The highest BCUT2D eigenvalue weighted by atomic mass is 79.9. The lowest BCUT2D eigenvalue weighted by atomic mass is 9.85. The molecule has 1 amide bonds. The summed E-state index contributed by atoms with van der Waals surface area (Å²) in [4.78, 5) is 14.7. The Bertz CT molecular complexity index is 503. The van der Waals surface area contributed by atoms with E-state index in [-0.39, 0.29) is 5.91 Å². The fourth-order valence-electron chi connectivity index (χ4n) is 3.54. The summed E-state index contributed by atoms with van der Waals surface area (Å²) in [5.41, 5.74) is 7.20. The Morgan fingerprint density at radius 1 is 1.26 bits per heavy atom. The minimum atomic E-state index is 0.111. The van der Waals surface area contributed by atoms with Gasteiger partial charge in [0, 0.05) is 22.7 Å². The van der Waals surface area contributed by atoms with Crippen molar-refractivity contribution in [3.8, 4) is 0 Å². The molecule has 1 heterocycles. The Morgan fingerprint density at radius 2 is 2.05 bits per heavy atom. The summed E-state index contributed by atoms with van der Waals surface area (Å²) < 4.78 is 0.915. The molecule has 1 aromatic carbocycles. The standard InChI is InChI=1S/C15H19BrN2O/c16-11-5-6-12(13(17)9-11)15(19)18-8-7-10-3-1-2-4-14(10)18/h5-6,9-10,14H,1-4,7-8,17H2. The van der Waals surface area contributed by atoms with Gasteiger partial charge in [-0.15, -0.1) is 0 Å². The average molecular weight is 323 g/mol. The maximum Gasteiger partial charge on any atom is 0.256 e. The van der Waals surface area contributed by atoms with Crippen LogP contribution in [0.25, 0.3) is 0 Å². The average Bonchev–Trinajstić information content (AvgIpc) is 2.82. The molecule has 0 spiro atoms. The predicted molar refractivity (Wildman–Crippen MR) is 80.0 cm³/mol. The number of hydrogen-bond donors (Lipinski definition) is 1. The first kappa shape index (κ1) is 13.0. The van der Waals surface area contributed by atoms with E-state index in [0.717, 1.165) is 29.8 Å². The Morgan fingerprint density at radius 3 is 2.84 bits per heavy atom. The number of carbonyl (C=O) groups excluding carboxylic acids is 1. The van der Waals surface area contributed by atoms with Gasteiger partial charge in [-0.05, 0) is 43.4 Å². The van der Waals surface area contributed by atoms with Crippen molar-refractivity contribution in [3.05, 3.63) is 28.2 Å². The third kappa shape index (κ3) is 2.38. The van der Waals surface area contributed by atoms with Crippen LogP contribution < -0.4 is 5.73 Å². The first-order valence-corrected chi connectivity index (χ1v) is 7.82. The van der Waals surface area contributed by atoms with E-state index < -0.39 is 0 Å². The number of amides is 1. The minimum Gasteiger partial charge on any atom is -0.398 e. The molecule has 2 N–H and O–H groups in total. The summed E-state index contributed by atoms with van der Waals surface area (Å²) in [5, 5.41) is 0. The van der Waals surface area contributed by atoms with Gasteiger partial charge in [0.05, 0.1) is 5.56 Å². The van der Waals surface area contributed by atoms with Crippen molar-refractivity contribution >= 4 is 27.5 Å². The van der Waals surface area contributed by atoms with Crippen molar-refractivity contribution in [1.29, 1.82) is 0 Å². The number of benzene rings is 1. The minimum absolute atomic E-state index is 0.111. The quantitative estimate of drug-likeness (QED) is 0.805. The van der Waals surface area contributed by atoms with Crippen LogP contribution in [0.15, 0.2) is 22.7 Å². The highest BCUT2D eigenvalue weighted by molar-refractivity contribution is 9.10. The molecule has 1 saturated carbocycles. The van der Waals surface area contributed by atoms with Crippen molar-refractivity contribution in [2.75, 3.05) is 12.3 Å². The molecule has 19 heavy (non-hydrogen) atoms. The number of carbonyl (C=O) groups is 1. The Hall–Kier alpha value is -1.03. The molecule has 1 saturated heterocycles. The van der Waals surface area contributed by atoms with E-state index in [1.165, 1.54) is 19.3 Å². The van der Waals surface area contributed by atoms with E-state index in [2.05, 4.69) is 20.8 Å². The summed E-state index contributed by atoms with van der Waals surface area (Å²) >= 11 is 3.38. The van der Waals surface area contributed by atoms with E-state index in [9.17, 15) is 4.79 Å². The fourth-order valence-corrected chi connectivity index (χ4v) is 3.92. The molecule has 4 heteroatoms. The molecule has 3 rings (SSSR count). The molecule has 2 unspecified atom stereocenters. The highest BCUT2D eigenvalue weighted by Gasteiger charge is 2.38. The van der Waals surface area contributed by atoms with Crippen LogP contribution in [0, 0.1) is 5.92 Å². The molecule has 0 bridgehead atoms. The molecule has 2 aliphatic rings. The molecule has 3 nitrogen and oxygen atoms in total. The normalized spacial score (nSPS) is 26.3. The summed E-state index contributed by atoms with van der Waals surface area (Å²) in [6.45, 7) is 0.893. The zero-order valence-electron chi connectivity index (χ0n) is 10.9. The number of fused-ring (bicyclic) bond motifs is 1. The zero-order chi connectivity index (χ0) is 13.4. The van der Waals surface area contributed by atoms with Crippen LogP contribution in [0.4, 0.5) is 5.69 Å². The van der Waals surface area contributed by atoms with Crippen molar-refractivity contribution in [2.45, 2.75) is 38.1 Å². The SMILES string of the molecule is Nc1cc(Br)ccc1C(=O)N1CCC2CCCCC21. The number of rotatable bonds is 1. The smallest absolute Gasteiger partial charge is 0.256 e. The van der Waals surface area contributed by atoms with Gasteiger partial charge in [0.1, 0.15) is 0 Å². The number of nitrogens with two attached hydrogens (primary N) is 1. The number of nitrogen functional groups attached to an aromatic ring is 1. The maximum atomic E-state index is 12.7. The van der Waals surface area contributed by atoms with Crippen molar-refractivity contribution < 1.29 is 4.79 Å². The molecular formula is C15H19BrN2O. The summed E-state index contributed by atoms with van der Waals surface area (Å²) in [5.74, 6) is 0.828. The number of likely N-dealkylation sites (tertiary alicyclic amines) is 1. The summed E-state index contributed by atoms with van der Waals surface area (Å²) in [6.07, 6.45) is 6.17. The Labute approximate surface area is 122 Å². The molecule has 2 atom stereocenters. The Balaban J connectivity index is 1.83. The molecule has 0 radical (unpaired) electrons. The largest absolute Gasteiger partial charge is 0.398 e. The third-order valence-corrected chi connectivity index (χ3v) is 5.01.